The van der Waals surface area contributed by atoms with Crippen molar-refractivity contribution in [3.8, 4) is 0 Å². The normalized spacial score (nSPS) is 12.8. The molecule has 0 aliphatic rings. The number of rotatable bonds is 6. The van der Waals surface area contributed by atoms with Crippen LogP contribution in [0.3, 0.4) is 0 Å². The number of hydrogen-bond acceptors (Lipinski definition) is 3. The van der Waals surface area contributed by atoms with Crippen LogP contribution in [0.15, 0.2) is 30.3 Å². The lowest BCUT2D eigenvalue weighted by molar-refractivity contribution is 0.124. The molecule has 0 N–H and O–H groups in total. The lowest BCUT2D eigenvalue weighted by Gasteiger charge is -2.18. The Morgan fingerprint density at radius 1 is 1.20 bits per heavy atom. The third-order valence-corrected chi connectivity index (χ3v) is 3.33. The van der Waals surface area contributed by atoms with E-state index < -0.39 is 0 Å². The lowest BCUT2D eigenvalue weighted by Crippen LogP contribution is -2.16. The van der Waals surface area contributed by atoms with Gasteiger partial charge in [0.2, 0.25) is 0 Å². The van der Waals surface area contributed by atoms with E-state index in [-0.39, 0.29) is 6.10 Å². The van der Waals surface area contributed by atoms with Crippen molar-refractivity contribution in [1.82, 2.24) is 14.8 Å². The first-order valence-corrected chi connectivity index (χ1v) is 7.26. The van der Waals surface area contributed by atoms with Crippen LogP contribution in [0.2, 0.25) is 0 Å². The van der Waals surface area contributed by atoms with Crippen molar-refractivity contribution in [2.75, 3.05) is 7.11 Å². The highest BCUT2D eigenvalue weighted by molar-refractivity contribution is 6.16. The van der Waals surface area contributed by atoms with Gasteiger partial charge in [-0.2, -0.15) is 0 Å². The van der Waals surface area contributed by atoms with E-state index >= 15 is 0 Å². The van der Waals surface area contributed by atoms with Gasteiger partial charge in [0.25, 0.3) is 0 Å². The number of alkyl halides is 1. The van der Waals surface area contributed by atoms with Gasteiger partial charge in [0.05, 0.1) is 5.88 Å². The Bertz CT molecular complexity index is 539. The Hall–Kier alpha value is -1.39. The molecule has 0 aliphatic heterocycles. The number of hydrogen-bond donors (Lipinski definition) is 0. The van der Waals surface area contributed by atoms with E-state index in [2.05, 4.69) is 28.6 Å². The topological polar surface area (TPSA) is 39.9 Å². The zero-order valence-electron chi connectivity index (χ0n) is 12.1. The molecule has 0 aliphatic carbocycles. The molecule has 1 aromatic carbocycles. The molecular formula is C15H20ClN3O. The molecule has 20 heavy (non-hydrogen) atoms. The summed E-state index contributed by atoms with van der Waals surface area (Å²) in [5, 5.41) is 8.47. The van der Waals surface area contributed by atoms with Crippen LogP contribution in [0.5, 0.6) is 0 Å². The monoisotopic (exact) mass is 293 g/mol. The number of nitrogens with zero attached hydrogens (tertiary/aromatic N) is 3. The van der Waals surface area contributed by atoms with Gasteiger partial charge in [-0.1, -0.05) is 44.2 Å². The molecule has 5 heteroatoms. The molecule has 2 aromatic rings. The van der Waals surface area contributed by atoms with Crippen molar-refractivity contribution in [3.05, 3.63) is 47.5 Å². The smallest absolute Gasteiger partial charge is 0.166 e. The minimum Gasteiger partial charge on any atom is -0.369 e. The summed E-state index contributed by atoms with van der Waals surface area (Å²) < 4.78 is 7.70. The fourth-order valence-electron chi connectivity index (χ4n) is 2.22. The van der Waals surface area contributed by atoms with Gasteiger partial charge in [-0.3, -0.25) is 0 Å². The molecule has 1 heterocycles. The molecule has 4 nitrogen and oxygen atoms in total. The van der Waals surface area contributed by atoms with Crippen LogP contribution in [0.1, 0.15) is 37.2 Å². The first-order chi connectivity index (χ1) is 9.67. The Morgan fingerprint density at radius 3 is 2.45 bits per heavy atom. The number of aromatic nitrogens is 3. The van der Waals surface area contributed by atoms with Gasteiger partial charge in [-0.15, -0.1) is 21.8 Å². The molecule has 1 atom stereocenters. The molecule has 0 saturated carbocycles. The van der Waals surface area contributed by atoms with Crippen molar-refractivity contribution < 1.29 is 4.74 Å². The van der Waals surface area contributed by atoms with Crippen LogP contribution in [0, 0.1) is 5.92 Å². The summed E-state index contributed by atoms with van der Waals surface area (Å²) in [4.78, 5) is 0. The van der Waals surface area contributed by atoms with Crippen LogP contribution in [0.25, 0.3) is 0 Å². The molecule has 1 unspecified atom stereocenters. The summed E-state index contributed by atoms with van der Waals surface area (Å²) in [5.41, 5.74) is 1.06. The summed E-state index contributed by atoms with van der Waals surface area (Å²) in [5.74, 6) is 2.43. The van der Waals surface area contributed by atoms with Gasteiger partial charge in [-0.05, 0) is 11.5 Å². The summed E-state index contributed by atoms with van der Waals surface area (Å²) in [6.07, 6.45) is -0.223. The second-order valence-corrected chi connectivity index (χ2v) is 5.41. The molecule has 0 spiro atoms. The lowest BCUT2D eigenvalue weighted by atomic mass is 10.1. The van der Waals surface area contributed by atoms with E-state index in [0.717, 1.165) is 23.8 Å². The maximum Gasteiger partial charge on any atom is 0.166 e. The molecule has 1 aromatic heterocycles. The van der Waals surface area contributed by atoms with Crippen LogP contribution in [-0.4, -0.2) is 21.9 Å². The van der Waals surface area contributed by atoms with Gasteiger partial charge >= 0.3 is 0 Å². The molecule has 0 amide bonds. The van der Waals surface area contributed by atoms with Gasteiger partial charge in [0.15, 0.2) is 5.82 Å². The Morgan fingerprint density at radius 2 is 1.90 bits per heavy atom. The highest BCUT2D eigenvalue weighted by atomic mass is 35.5. The summed E-state index contributed by atoms with van der Waals surface area (Å²) in [6.45, 7) is 5.15. The molecule has 0 saturated heterocycles. The first-order valence-electron chi connectivity index (χ1n) is 6.73. The average molecular weight is 294 g/mol. The van der Waals surface area contributed by atoms with Crippen molar-refractivity contribution in [3.63, 3.8) is 0 Å². The Balaban J connectivity index is 2.42. The second kappa shape index (κ2) is 6.86. The molecule has 0 bridgehead atoms. The second-order valence-electron chi connectivity index (χ2n) is 5.14. The van der Waals surface area contributed by atoms with Crippen LogP contribution < -0.4 is 0 Å². The zero-order valence-corrected chi connectivity index (χ0v) is 12.8. The fourth-order valence-corrected chi connectivity index (χ4v) is 2.42. The third-order valence-electron chi connectivity index (χ3n) is 3.10. The quantitative estimate of drug-likeness (QED) is 0.766. The number of benzene rings is 1. The van der Waals surface area contributed by atoms with E-state index in [0.29, 0.717) is 11.8 Å². The largest absolute Gasteiger partial charge is 0.369 e. The van der Waals surface area contributed by atoms with Crippen molar-refractivity contribution in [2.45, 2.75) is 32.4 Å². The van der Waals surface area contributed by atoms with Crippen LogP contribution in [-0.2, 0) is 17.2 Å². The van der Waals surface area contributed by atoms with Gasteiger partial charge in [0.1, 0.15) is 11.9 Å². The fraction of sp³-hybridized carbons (Fsp3) is 0.467. The van der Waals surface area contributed by atoms with Gasteiger partial charge in [0, 0.05) is 13.7 Å². The number of methoxy groups -OCH3 is 1. The third kappa shape index (κ3) is 3.19. The number of halogens is 1. The maximum absolute atomic E-state index is 5.96. The van der Waals surface area contributed by atoms with Crippen molar-refractivity contribution >= 4 is 11.6 Å². The van der Waals surface area contributed by atoms with Crippen molar-refractivity contribution in [1.29, 1.82) is 0 Å². The molecule has 0 fully saturated rings. The van der Waals surface area contributed by atoms with Gasteiger partial charge < -0.3 is 9.30 Å². The molecule has 108 valence electrons. The first kappa shape index (κ1) is 15.0. The SMILES string of the molecule is COC(c1ccccc1)c1nnc(CCl)n1CC(C)C. The summed E-state index contributed by atoms with van der Waals surface area (Å²) >= 11 is 5.96. The van der Waals surface area contributed by atoms with Crippen LogP contribution in [0.4, 0.5) is 0 Å². The average Bonchev–Trinajstić information content (AvgIpc) is 2.83. The minimum atomic E-state index is -0.223. The molecule has 2 rings (SSSR count). The van der Waals surface area contributed by atoms with Gasteiger partial charge in [-0.25, -0.2) is 0 Å². The Labute approximate surface area is 124 Å². The van der Waals surface area contributed by atoms with E-state index in [4.69, 9.17) is 16.3 Å². The van der Waals surface area contributed by atoms with E-state index in [1.54, 1.807) is 7.11 Å². The van der Waals surface area contributed by atoms with E-state index in [1.165, 1.54) is 0 Å². The molecular weight excluding hydrogens is 274 g/mol. The summed E-state index contributed by atoms with van der Waals surface area (Å²) in [7, 11) is 1.69. The highest BCUT2D eigenvalue weighted by Crippen LogP contribution is 2.25. The summed E-state index contributed by atoms with van der Waals surface area (Å²) in [6, 6.07) is 10.0. The predicted molar refractivity (Wildman–Crippen MR) is 79.7 cm³/mol. The zero-order chi connectivity index (χ0) is 14.5. The predicted octanol–water partition coefficient (Wildman–Crippen LogP) is 3.41. The number of ether oxygens (including phenoxy) is 1. The van der Waals surface area contributed by atoms with E-state index in [9.17, 15) is 0 Å². The minimum absolute atomic E-state index is 0.223. The maximum atomic E-state index is 5.96. The van der Waals surface area contributed by atoms with E-state index in [1.807, 2.05) is 30.3 Å². The molecule has 0 radical (unpaired) electrons. The standard InChI is InChI=1S/C15H20ClN3O/c1-11(2)10-19-13(9-16)17-18-15(19)14(20-3)12-7-5-4-6-8-12/h4-8,11,14H,9-10H2,1-3H3. The highest BCUT2D eigenvalue weighted by Gasteiger charge is 2.22. The van der Waals surface area contributed by atoms with Crippen LogP contribution >= 0.6 is 11.6 Å². The van der Waals surface area contributed by atoms with Crippen molar-refractivity contribution in [2.24, 2.45) is 5.92 Å². The Kier molecular flexibility index (Phi) is 5.15.